The molecule has 4 nitrogen and oxygen atoms in total. The van der Waals surface area contributed by atoms with Crippen LogP contribution in [0.15, 0.2) is 18.2 Å². The molecule has 1 atom stereocenters. The third kappa shape index (κ3) is 2.77. The minimum Gasteiger partial charge on any atom is -0.467 e. The first kappa shape index (κ1) is 14.8. The Morgan fingerprint density at radius 2 is 2.15 bits per heavy atom. The largest absolute Gasteiger partial charge is 0.467 e. The Kier molecular flexibility index (Phi) is 4.28. The van der Waals surface area contributed by atoms with Gasteiger partial charge in [-0.15, -0.1) is 0 Å². The molecule has 2 aromatic rings. The molecular weight excluding hydrogens is 272 g/mol. The van der Waals surface area contributed by atoms with Crippen LogP contribution in [0.4, 0.5) is 0 Å². The van der Waals surface area contributed by atoms with Crippen molar-refractivity contribution in [1.82, 2.24) is 9.55 Å². The molecular formula is C15H20N2O2S. The average Bonchev–Trinajstić information content (AvgIpc) is 2.69. The van der Waals surface area contributed by atoms with Crippen LogP contribution >= 0.6 is 12.2 Å². The lowest BCUT2D eigenvalue weighted by Crippen LogP contribution is -2.22. The Hall–Kier alpha value is -1.62. The summed E-state index contributed by atoms with van der Waals surface area (Å²) in [5.41, 5.74) is 3.05. The average molecular weight is 292 g/mol. The zero-order valence-corrected chi connectivity index (χ0v) is 13.1. The van der Waals surface area contributed by atoms with Gasteiger partial charge in [0.15, 0.2) is 4.77 Å². The van der Waals surface area contributed by atoms with Gasteiger partial charge in [-0.25, -0.2) is 4.79 Å². The molecule has 0 amide bonds. The molecule has 0 bridgehead atoms. The number of fused-ring (bicyclic) bond motifs is 1. The molecule has 1 aromatic carbocycles. The summed E-state index contributed by atoms with van der Waals surface area (Å²) in [6.45, 7) is 6.19. The number of hydrogen-bond donors (Lipinski definition) is 1. The van der Waals surface area contributed by atoms with Crippen molar-refractivity contribution < 1.29 is 9.53 Å². The van der Waals surface area contributed by atoms with Gasteiger partial charge in [-0.1, -0.05) is 19.9 Å². The fraction of sp³-hybridized carbons (Fsp3) is 0.467. The molecule has 0 radical (unpaired) electrons. The number of nitrogens with one attached hydrogen (secondary N) is 1. The van der Waals surface area contributed by atoms with Crippen LogP contribution in [0.1, 0.15) is 31.9 Å². The van der Waals surface area contributed by atoms with E-state index in [4.69, 9.17) is 17.0 Å². The van der Waals surface area contributed by atoms with E-state index in [1.807, 2.05) is 29.7 Å². The Balaban J connectivity index is 2.61. The molecule has 5 heteroatoms. The first-order valence-electron chi connectivity index (χ1n) is 6.72. The van der Waals surface area contributed by atoms with Crippen LogP contribution in [-0.2, 0) is 9.53 Å². The zero-order chi connectivity index (χ0) is 14.9. The normalized spacial score (nSPS) is 12.8. The van der Waals surface area contributed by atoms with E-state index in [1.165, 1.54) is 7.11 Å². The number of carbonyl (C=O) groups is 1. The highest BCUT2D eigenvalue weighted by atomic mass is 32.1. The molecule has 0 aliphatic carbocycles. The summed E-state index contributed by atoms with van der Waals surface area (Å²) in [5, 5.41) is 0. The third-order valence-electron chi connectivity index (χ3n) is 3.35. The smallest absolute Gasteiger partial charge is 0.328 e. The molecule has 108 valence electrons. The standard InChI is InChI=1S/C15H20N2O2S/c1-9(2)7-13(14(18)19-4)17-12-6-5-10(3)8-11(12)16-15(17)20/h5-6,8-9,13H,7H2,1-4H3,(H,16,20). The van der Waals surface area contributed by atoms with E-state index in [0.29, 0.717) is 17.1 Å². The van der Waals surface area contributed by atoms with E-state index in [2.05, 4.69) is 18.8 Å². The Bertz CT molecular complexity index is 685. The van der Waals surface area contributed by atoms with Crippen molar-refractivity contribution in [2.24, 2.45) is 5.92 Å². The number of hydrogen-bond acceptors (Lipinski definition) is 3. The highest BCUT2D eigenvalue weighted by Gasteiger charge is 2.25. The minimum absolute atomic E-state index is 0.253. The fourth-order valence-electron chi connectivity index (χ4n) is 2.44. The van der Waals surface area contributed by atoms with Gasteiger partial charge >= 0.3 is 5.97 Å². The lowest BCUT2D eigenvalue weighted by molar-refractivity contribution is -0.145. The number of rotatable bonds is 4. The zero-order valence-electron chi connectivity index (χ0n) is 12.3. The van der Waals surface area contributed by atoms with E-state index in [9.17, 15) is 4.79 Å². The van der Waals surface area contributed by atoms with Gasteiger partial charge in [0.2, 0.25) is 0 Å². The summed E-state index contributed by atoms with van der Waals surface area (Å²) in [6, 6.07) is 5.66. The van der Waals surface area contributed by atoms with Crippen molar-refractivity contribution in [3.63, 3.8) is 0 Å². The van der Waals surface area contributed by atoms with Gasteiger partial charge in [0, 0.05) is 0 Å². The number of aromatic nitrogens is 2. The third-order valence-corrected chi connectivity index (χ3v) is 3.65. The van der Waals surface area contributed by atoms with Gasteiger partial charge in [-0.2, -0.15) is 0 Å². The van der Waals surface area contributed by atoms with E-state index < -0.39 is 0 Å². The monoisotopic (exact) mass is 292 g/mol. The predicted octanol–water partition coefficient (Wildman–Crippen LogP) is 3.77. The van der Waals surface area contributed by atoms with Crippen molar-refractivity contribution in [1.29, 1.82) is 0 Å². The van der Waals surface area contributed by atoms with E-state index in [1.54, 1.807) is 0 Å². The van der Waals surface area contributed by atoms with Crippen LogP contribution in [0.3, 0.4) is 0 Å². The molecule has 1 N–H and O–H groups in total. The number of esters is 1. The number of imidazole rings is 1. The van der Waals surface area contributed by atoms with Crippen LogP contribution in [0.5, 0.6) is 0 Å². The predicted molar refractivity (Wildman–Crippen MR) is 82.4 cm³/mol. The van der Waals surface area contributed by atoms with Crippen molar-refractivity contribution in [3.8, 4) is 0 Å². The Labute approximate surface area is 123 Å². The second-order valence-corrected chi connectivity index (χ2v) is 5.88. The van der Waals surface area contributed by atoms with Crippen LogP contribution in [0.25, 0.3) is 11.0 Å². The lowest BCUT2D eigenvalue weighted by atomic mass is 10.0. The number of nitrogens with zero attached hydrogens (tertiary/aromatic N) is 1. The molecule has 0 aliphatic heterocycles. The van der Waals surface area contributed by atoms with Gasteiger partial charge in [0.25, 0.3) is 0 Å². The van der Waals surface area contributed by atoms with Gasteiger partial charge in [-0.05, 0) is 49.2 Å². The van der Waals surface area contributed by atoms with Crippen molar-refractivity contribution in [3.05, 3.63) is 28.5 Å². The van der Waals surface area contributed by atoms with Crippen molar-refractivity contribution in [2.75, 3.05) is 7.11 Å². The summed E-state index contributed by atoms with van der Waals surface area (Å²) in [5.74, 6) is 0.118. The molecule has 0 aliphatic rings. The molecule has 0 fully saturated rings. The number of methoxy groups -OCH3 is 1. The maximum absolute atomic E-state index is 12.1. The molecule has 0 spiro atoms. The highest BCUT2D eigenvalue weighted by Crippen LogP contribution is 2.25. The molecule has 2 rings (SSSR count). The van der Waals surface area contributed by atoms with Crippen LogP contribution in [0.2, 0.25) is 0 Å². The quantitative estimate of drug-likeness (QED) is 0.689. The minimum atomic E-state index is -0.385. The summed E-state index contributed by atoms with van der Waals surface area (Å²) in [4.78, 5) is 15.3. The maximum atomic E-state index is 12.1. The van der Waals surface area contributed by atoms with Crippen LogP contribution < -0.4 is 0 Å². The second-order valence-electron chi connectivity index (χ2n) is 5.49. The highest BCUT2D eigenvalue weighted by molar-refractivity contribution is 7.71. The van der Waals surface area contributed by atoms with Gasteiger partial charge in [-0.3, -0.25) is 0 Å². The molecule has 20 heavy (non-hydrogen) atoms. The number of carbonyl (C=O) groups excluding carboxylic acids is 1. The van der Waals surface area contributed by atoms with E-state index >= 15 is 0 Å². The van der Waals surface area contributed by atoms with Crippen molar-refractivity contribution in [2.45, 2.75) is 33.2 Å². The topological polar surface area (TPSA) is 47.0 Å². The summed E-state index contributed by atoms with van der Waals surface area (Å²) >= 11 is 5.39. The van der Waals surface area contributed by atoms with Crippen LogP contribution in [-0.4, -0.2) is 22.6 Å². The van der Waals surface area contributed by atoms with E-state index in [-0.39, 0.29) is 12.0 Å². The summed E-state index contributed by atoms with van der Waals surface area (Å²) in [6.07, 6.45) is 0.696. The molecule has 0 saturated carbocycles. The summed E-state index contributed by atoms with van der Waals surface area (Å²) in [7, 11) is 1.41. The van der Waals surface area contributed by atoms with Gasteiger partial charge < -0.3 is 14.3 Å². The Morgan fingerprint density at radius 1 is 1.45 bits per heavy atom. The number of aryl methyl sites for hydroxylation is 1. The fourth-order valence-corrected chi connectivity index (χ4v) is 2.78. The SMILES string of the molecule is COC(=O)C(CC(C)C)n1c(=S)[nH]c2cc(C)ccc21. The molecule has 1 unspecified atom stereocenters. The number of H-pyrrole nitrogens is 1. The Morgan fingerprint density at radius 3 is 2.75 bits per heavy atom. The number of benzene rings is 1. The number of aromatic amines is 1. The summed E-state index contributed by atoms with van der Waals surface area (Å²) < 4.78 is 7.37. The first-order chi connectivity index (χ1) is 9.43. The maximum Gasteiger partial charge on any atom is 0.328 e. The van der Waals surface area contributed by atoms with Gasteiger partial charge in [0.1, 0.15) is 6.04 Å². The second kappa shape index (κ2) is 5.79. The first-order valence-corrected chi connectivity index (χ1v) is 7.13. The van der Waals surface area contributed by atoms with Crippen LogP contribution in [0, 0.1) is 17.6 Å². The van der Waals surface area contributed by atoms with Gasteiger partial charge in [0.05, 0.1) is 18.1 Å². The van der Waals surface area contributed by atoms with Crippen molar-refractivity contribution >= 4 is 29.2 Å². The molecule has 0 saturated heterocycles. The number of ether oxygens (including phenoxy) is 1. The molecule has 1 heterocycles. The lowest BCUT2D eigenvalue weighted by Gasteiger charge is -2.19. The molecule has 1 aromatic heterocycles. The van der Waals surface area contributed by atoms with E-state index in [0.717, 1.165) is 16.6 Å².